The van der Waals surface area contributed by atoms with E-state index < -0.39 is 0 Å². The molecule has 0 aromatic carbocycles. The number of amides is 1. The van der Waals surface area contributed by atoms with Crippen LogP contribution in [-0.2, 0) is 4.79 Å². The Morgan fingerprint density at radius 3 is 3.08 bits per heavy atom. The Morgan fingerprint density at radius 1 is 1.38 bits per heavy atom. The molecule has 1 atom stereocenters. The standard InChI is InChI=1S/C11H17NO/c1-9-4-2-3-7-12-10(8-9)5-6-11(12)13/h8,10H,2-7H2,1H3/b9-8-/t10-/m1/s1. The highest BCUT2D eigenvalue weighted by molar-refractivity contribution is 5.79. The van der Waals surface area contributed by atoms with Gasteiger partial charge in [0, 0.05) is 13.0 Å². The molecule has 2 heteroatoms. The molecule has 0 aromatic heterocycles. The maximum atomic E-state index is 11.5. The lowest BCUT2D eigenvalue weighted by Gasteiger charge is -2.25. The molecule has 2 heterocycles. The zero-order chi connectivity index (χ0) is 9.26. The van der Waals surface area contributed by atoms with Crippen LogP contribution in [0.1, 0.15) is 39.0 Å². The molecule has 0 radical (unpaired) electrons. The predicted octanol–water partition coefficient (Wildman–Crippen LogP) is 2.11. The summed E-state index contributed by atoms with van der Waals surface area (Å²) in [6, 6.07) is 0.424. The van der Waals surface area contributed by atoms with E-state index >= 15 is 0 Å². The van der Waals surface area contributed by atoms with Crippen molar-refractivity contribution in [1.82, 2.24) is 4.90 Å². The average molecular weight is 179 g/mol. The van der Waals surface area contributed by atoms with Crippen LogP contribution in [0.5, 0.6) is 0 Å². The zero-order valence-corrected chi connectivity index (χ0v) is 8.25. The lowest BCUT2D eigenvalue weighted by Crippen LogP contribution is -2.33. The lowest BCUT2D eigenvalue weighted by molar-refractivity contribution is -0.128. The van der Waals surface area contributed by atoms with Crippen LogP contribution in [0.3, 0.4) is 0 Å². The number of carbonyl (C=O) groups is 1. The first-order valence-corrected chi connectivity index (χ1v) is 5.24. The summed E-state index contributed by atoms with van der Waals surface area (Å²) in [4.78, 5) is 13.5. The third-order valence-corrected chi connectivity index (χ3v) is 3.07. The Bertz CT molecular complexity index is 244. The molecule has 1 amide bonds. The van der Waals surface area contributed by atoms with Crippen molar-refractivity contribution in [2.75, 3.05) is 6.54 Å². The normalized spacial score (nSPS) is 33.3. The molecule has 1 fully saturated rings. The molecule has 0 aromatic rings. The van der Waals surface area contributed by atoms with Gasteiger partial charge in [0.25, 0.3) is 0 Å². The maximum Gasteiger partial charge on any atom is 0.223 e. The van der Waals surface area contributed by atoms with Crippen LogP contribution >= 0.6 is 0 Å². The second-order valence-corrected chi connectivity index (χ2v) is 4.16. The number of fused-ring (bicyclic) bond motifs is 1. The Labute approximate surface area is 79.6 Å². The van der Waals surface area contributed by atoms with Gasteiger partial charge in [0.1, 0.15) is 0 Å². The minimum absolute atomic E-state index is 0.357. The first kappa shape index (κ1) is 8.79. The van der Waals surface area contributed by atoms with Crippen LogP contribution in [-0.4, -0.2) is 23.4 Å². The molecule has 0 aliphatic carbocycles. The molecule has 0 saturated carbocycles. The van der Waals surface area contributed by atoms with Crippen LogP contribution < -0.4 is 0 Å². The van der Waals surface area contributed by atoms with Crippen LogP contribution in [0.2, 0.25) is 0 Å². The molecule has 2 nitrogen and oxygen atoms in total. The van der Waals surface area contributed by atoms with Gasteiger partial charge in [0.2, 0.25) is 5.91 Å². The molecular formula is C11H17NO. The highest BCUT2D eigenvalue weighted by Gasteiger charge is 2.29. The van der Waals surface area contributed by atoms with E-state index in [1.165, 1.54) is 24.8 Å². The van der Waals surface area contributed by atoms with Gasteiger partial charge in [-0.2, -0.15) is 0 Å². The van der Waals surface area contributed by atoms with E-state index in [9.17, 15) is 4.79 Å². The first-order valence-electron chi connectivity index (χ1n) is 5.24. The summed E-state index contributed by atoms with van der Waals surface area (Å²) in [5.41, 5.74) is 1.46. The summed E-state index contributed by atoms with van der Waals surface area (Å²) >= 11 is 0. The molecule has 0 N–H and O–H groups in total. The summed E-state index contributed by atoms with van der Waals surface area (Å²) in [7, 11) is 0. The third kappa shape index (κ3) is 1.77. The van der Waals surface area contributed by atoms with Gasteiger partial charge in [-0.25, -0.2) is 0 Å². The molecule has 1 saturated heterocycles. The van der Waals surface area contributed by atoms with Gasteiger partial charge in [0.05, 0.1) is 6.04 Å². The van der Waals surface area contributed by atoms with E-state index in [1.54, 1.807) is 0 Å². The molecular weight excluding hydrogens is 162 g/mol. The molecule has 2 aliphatic rings. The van der Waals surface area contributed by atoms with Crippen molar-refractivity contribution in [2.45, 2.75) is 45.1 Å². The van der Waals surface area contributed by atoms with Crippen molar-refractivity contribution < 1.29 is 4.79 Å². The Kier molecular flexibility index (Phi) is 2.38. The summed E-state index contributed by atoms with van der Waals surface area (Å²) < 4.78 is 0. The van der Waals surface area contributed by atoms with E-state index in [-0.39, 0.29) is 0 Å². The minimum atomic E-state index is 0.357. The van der Waals surface area contributed by atoms with Crippen molar-refractivity contribution in [3.63, 3.8) is 0 Å². The van der Waals surface area contributed by atoms with Gasteiger partial charge in [-0.05, 0) is 32.6 Å². The van der Waals surface area contributed by atoms with Crippen molar-refractivity contribution >= 4 is 5.91 Å². The molecule has 72 valence electrons. The van der Waals surface area contributed by atoms with Gasteiger partial charge in [-0.15, -0.1) is 0 Å². The van der Waals surface area contributed by atoms with Gasteiger partial charge < -0.3 is 4.90 Å². The maximum absolute atomic E-state index is 11.5. The monoisotopic (exact) mass is 179 g/mol. The van der Waals surface area contributed by atoms with E-state index in [4.69, 9.17) is 0 Å². The minimum Gasteiger partial charge on any atom is -0.336 e. The van der Waals surface area contributed by atoms with Crippen molar-refractivity contribution in [2.24, 2.45) is 0 Å². The SMILES string of the molecule is C/C1=C/[C@H]2CCC(=O)N2CCCC1. The second kappa shape index (κ2) is 3.52. The average Bonchev–Trinajstić information content (AvgIpc) is 2.38. The summed E-state index contributed by atoms with van der Waals surface area (Å²) in [6.45, 7) is 3.17. The molecule has 2 rings (SSSR count). The number of allylic oxidation sites excluding steroid dienone is 1. The predicted molar refractivity (Wildman–Crippen MR) is 52.3 cm³/mol. The number of hydrogen-bond donors (Lipinski definition) is 0. The lowest BCUT2D eigenvalue weighted by atomic mass is 10.0. The third-order valence-electron chi connectivity index (χ3n) is 3.07. The van der Waals surface area contributed by atoms with E-state index in [0.717, 1.165) is 19.4 Å². The van der Waals surface area contributed by atoms with Gasteiger partial charge >= 0.3 is 0 Å². The van der Waals surface area contributed by atoms with Gasteiger partial charge in [-0.3, -0.25) is 4.79 Å². The first-order chi connectivity index (χ1) is 6.27. The van der Waals surface area contributed by atoms with Crippen LogP contribution in [0.25, 0.3) is 0 Å². The number of rotatable bonds is 0. The molecule has 0 unspecified atom stereocenters. The van der Waals surface area contributed by atoms with Crippen molar-refractivity contribution in [3.8, 4) is 0 Å². The fourth-order valence-electron chi connectivity index (χ4n) is 2.32. The highest BCUT2D eigenvalue weighted by Crippen LogP contribution is 2.24. The molecule has 13 heavy (non-hydrogen) atoms. The Morgan fingerprint density at radius 2 is 2.23 bits per heavy atom. The van der Waals surface area contributed by atoms with Crippen LogP contribution in [0, 0.1) is 0 Å². The van der Waals surface area contributed by atoms with Crippen LogP contribution in [0.4, 0.5) is 0 Å². The quantitative estimate of drug-likeness (QED) is 0.521. The fraction of sp³-hybridized carbons (Fsp3) is 0.727. The smallest absolute Gasteiger partial charge is 0.223 e. The molecule has 0 spiro atoms. The zero-order valence-electron chi connectivity index (χ0n) is 8.25. The number of hydrogen-bond acceptors (Lipinski definition) is 1. The van der Waals surface area contributed by atoms with Crippen LogP contribution in [0.15, 0.2) is 11.6 Å². The largest absolute Gasteiger partial charge is 0.336 e. The summed E-state index contributed by atoms with van der Waals surface area (Å²) in [5, 5.41) is 0. The van der Waals surface area contributed by atoms with Crippen molar-refractivity contribution in [1.29, 1.82) is 0 Å². The van der Waals surface area contributed by atoms with Crippen molar-refractivity contribution in [3.05, 3.63) is 11.6 Å². The number of nitrogens with zero attached hydrogens (tertiary/aromatic N) is 1. The molecule has 2 aliphatic heterocycles. The van der Waals surface area contributed by atoms with E-state index in [0.29, 0.717) is 11.9 Å². The number of carbonyl (C=O) groups excluding carboxylic acids is 1. The van der Waals surface area contributed by atoms with Gasteiger partial charge in [-0.1, -0.05) is 11.6 Å². The van der Waals surface area contributed by atoms with E-state index in [1.807, 2.05) is 0 Å². The Balaban J connectivity index is 2.16. The van der Waals surface area contributed by atoms with Gasteiger partial charge in [0.15, 0.2) is 0 Å². The summed E-state index contributed by atoms with van der Waals surface area (Å²) in [6.07, 6.45) is 7.72. The molecule has 0 bridgehead atoms. The Hall–Kier alpha value is -0.790. The topological polar surface area (TPSA) is 20.3 Å². The van der Waals surface area contributed by atoms with E-state index in [2.05, 4.69) is 17.9 Å². The second-order valence-electron chi connectivity index (χ2n) is 4.16. The fourth-order valence-corrected chi connectivity index (χ4v) is 2.32. The highest BCUT2D eigenvalue weighted by atomic mass is 16.2. The summed E-state index contributed by atoms with van der Waals surface area (Å²) in [5.74, 6) is 0.357.